The molecule has 178 valence electrons. The highest BCUT2D eigenvalue weighted by Gasteiger charge is 2.29. The molecular formula is C22H25F3N4O4. The maximum absolute atomic E-state index is 13.9. The van der Waals surface area contributed by atoms with E-state index in [-0.39, 0.29) is 17.8 Å². The number of nitrogens with one attached hydrogen (secondary N) is 2. The minimum absolute atomic E-state index is 0.144. The van der Waals surface area contributed by atoms with Crippen LogP contribution < -0.4 is 16.2 Å². The lowest BCUT2D eigenvalue weighted by molar-refractivity contribution is 0.0716. The Balaban J connectivity index is 1.98. The molecular weight excluding hydrogens is 441 g/mol. The maximum atomic E-state index is 13.9. The number of aromatic nitrogens is 1. The number of benzene rings is 1. The topological polar surface area (TPSA) is 104 Å². The zero-order chi connectivity index (χ0) is 24.4. The Morgan fingerprint density at radius 3 is 2.45 bits per heavy atom. The van der Waals surface area contributed by atoms with Gasteiger partial charge in [0.1, 0.15) is 23.0 Å². The van der Waals surface area contributed by atoms with Crippen LogP contribution in [0.15, 0.2) is 23.1 Å². The lowest BCUT2D eigenvalue weighted by Crippen LogP contribution is -2.42. The highest BCUT2D eigenvalue weighted by molar-refractivity contribution is 5.98. The molecule has 0 fully saturated rings. The van der Waals surface area contributed by atoms with E-state index in [2.05, 4.69) is 10.7 Å². The molecule has 1 aliphatic rings. The minimum Gasteiger partial charge on any atom is -0.502 e. The van der Waals surface area contributed by atoms with E-state index < -0.39 is 58.1 Å². The minimum atomic E-state index is -1.20. The molecule has 3 rings (SSSR count). The number of carbonyl (C=O) groups excluding carboxylic acids is 2. The number of hydrogen-bond acceptors (Lipinski definition) is 5. The van der Waals surface area contributed by atoms with Gasteiger partial charge < -0.3 is 20.7 Å². The SMILES string of the molecule is CC1CCC[C@H](C)Nn2cc(C(=O)NCc3c(F)cc(F)cc3F)c(=O)c(O)c2C(=O)N1C. The van der Waals surface area contributed by atoms with Crippen molar-refractivity contribution in [2.75, 3.05) is 12.5 Å². The van der Waals surface area contributed by atoms with Gasteiger partial charge in [-0.25, -0.2) is 13.2 Å². The molecule has 33 heavy (non-hydrogen) atoms. The number of fused-ring (bicyclic) bond motifs is 1. The summed E-state index contributed by atoms with van der Waals surface area (Å²) in [5.74, 6) is -6.07. The Kier molecular flexibility index (Phi) is 6.99. The third kappa shape index (κ3) is 4.96. The summed E-state index contributed by atoms with van der Waals surface area (Å²) >= 11 is 0. The first kappa shape index (κ1) is 24.1. The van der Waals surface area contributed by atoms with E-state index in [0.717, 1.165) is 30.1 Å². The number of pyridine rings is 1. The molecule has 1 aromatic carbocycles. The van der Waals surface area contributed by atoms with Gasteiger partial charge >= 0.3 is 0 Å². The van der Waals surface area contributed by atoms with Crippen molar-refractivity contribution in [3.63, 3.8) is 0 Å². The Morgan fingerprint density at radius 1 is 1.18 bits per heavy atom. The van der Waals surface area contributed by atoms with Crippen LogP contribution in [-0.4, -0.2) is 45.6 Å². The van der Waals surface area contributed by atoms with Crippen LogP contribution in [-0.2, 0) is 6.54 Å². The maximum Gasteiger partial charge on any atom is 0.276 e. The van der Waals surface area contributed by atoms with Crippen molar-refractivity contribution in [3.8, 4) is 5.75 Å². The van der Waals surface area contributed by atoms with E-state index in [1.807, 2.05) is 13.8 Å². The van der Waals surface area contributed by atoms with Gasteiger partial charge in [-0.2, -0.15) is 0 Å². The summed E-state index contributed by atoms with van der Waals surface area (Å²) in [6, 6.07) is 0.634. The molecule has 0 radical (unpaired) electrons. The van der Waals surface area contributed by atoms with Crippen LogP contribution in [0.25, 0.3) is 0 Å². The lowest BCUT2D eigenvalue weighted by Gasteiger charge is -2.30. The van der Waals surface area contributed by atoms with Gasteiger partial charge in [-0.1, -0.05) is 0 Å². The second-order valence-electron chi connectivity index (χ2n) is 8.20. The van der Waals surface area contributed by atoms with Gasteiger partial charge in [0, 0.05) is 49.6 Å². The molecule has 2 amide bonds. The largest absolute Gasteiger partial charge is 0.502 e. The van der Waals surface area contributed by atoms with Gasteiger partial charge in [0.2, 0.25) is 5.43 Å². The van der Waals surface area contributed by atoms with Gasteiger partial charge in [-0.05, 0) is 33.1 Å². The fourth-order valence-corrected chi connectivity index (χ4v) is 3.66. The van der Waals surface area contributed by atoms with Gasteiger partial charge in [-0.3, -0.25) is 19.1 Å². The quantitative estimate of drug-likeness (QED) is 0.645. The Morgan fingerprint density at radius 2 is 1.82 bits per heavy atom. The molecule has 0 saturated heterocycles. The molecule has 2 atom stereocenters. The van der Waals surface area contributed by atoms with Crippen LogP contribution >= 0.6 is 0 Å². The molecule has 11 heteroatoms. The monoisotopic (exact) mass is 466 g/mol. The fourth-order valence-electron chi connectivity index (χ4n) is 3.66. The average Bonchev–Trinajstić information content (AvgIpc) is 2.73. The molecule has 1 aliphatic heterocycles. The van der Waals surface area contributed by atoms with E-state index >= 15 is 0 Å². The average molecular weight is 466 g/mol. The summed E-state index contributed by atoms with van der Waals surface area (Å²) < 4.78 is 41.9. The van der Waals surface area contributed by atoms with E-state index in [4.69, 9.17) is 0 Å². The van der Waals surface area contributed by atoms with Gasteiger partial charge in [0.05, 0.1) is 0 Å². The second kappa shape index (κ2) is 9.55. The molecule has 3 N–H and O–H groups in total. The van der Waals surface area contributed by atoms with E-state index in [1.54, 1.807) is 7.05 Å². The lowest BCUT2D eigenvalue weighted by atomic mass is 10.1. The van der Waals surface area contributed by atoms with Crippen molar-refractivity contribution >= 4 is 11.8 Å². The van der Waals surface area contributed by atoms with Crippen LogP contribution in [0, 0.1) is 17.5 Å². The number of halogens is 3. The van der Waals surface area contributed by atoms with Crippen molar-refractivity contribution in [1.29, 1.82) is 0 Å². The summed E-state index contributed by atoms with van der Waals surface area (Å²) in [6.07, 6.45) is 3.34. The molecule has 0 aliphatic carbocycles. The zero-order valence-electron chi connectivity index (χ0n) is 18.4. The van der Waals surface area contributed by atoms with Crippen molar-refractivity contribution in [1.82, 2.24) is 14.9 Å². The molecule has 0 saturated carbocycles. The molecule has 2 heterocycles. The predicted molar refractivity (Wildman–Crippen MR) is 114 cm³/mol. The molecule has 1 aromatic heterocycles. The Hall–Kier alpha value is -3.50. The van der Waals surface area contributed by atoms with Crippen molar-refractivity contribution in [3.05, 3.63) is 62.8 Å². The summed E-state index contributed by atoms with van der Waals surface area (Å²) in [7, 11) is 1.55. The zero-order valence-corrected chi connectivity index (χ0v) is 18.4. The highest BCUT2D eigenvalue weighted by atomic mass is 19.1. The van der Waals surface area contributed by atoms with Crippen LogP contribution in [0.2, 0.25) is 0 Å². The van der Waals surface area contributed by atoms with Gasteiger partial charge in [0.25, 0.3) is 11.8 Å². The third-order valence-electron chi connectivity index (χ3n) is 5.76. The predicted octanol–water partition coefficient (Wildman–Crippen LogP) is 2.48. The normalized spacial score (nSPS) is 19.0. The Bertz CT molecular complexity index is 1130. The van der Waals surface area contributed by atoms with Crippen LogP contribution in [0.3, 0.4) is 0 Å². The molecule has 8 nitrogen and oxygen atoms in total. The van der Waals surface area contributed by atoms with Gasteiger partial charge in [0.15, 0.2) is 11.4 Å². The van der Waals surface area contributed by atoms with E-state index in [1.165, 1.54) is 4.90 Å². The summed E-state index contributed by atoms with van der Waals surface area (Å²) in [6.45, 7) is 3.04. The van der Waals surface area contributed by atoms with Crippen LogP contribution in [0.4, 0.5) is 13.2 Å². The number of aromatic hydroxyl groups is 1. The number of hydrogen-bond donors (Lipinski definition) is 3. The van der Waals surface area contributed by atoms with Crippen molar-refractivity contribution in [2.45, 2.75) is 51.7 Å². The van der Waals surface area contributed by atoms with Crippen LogP contribution in [0.1, 0.15) is 59.5 Å². The van der Waals surface area contributed by atoms with Crippen molar-refractivity contribution in [2.24, 2.45) is 0 Å². The smallest absolute Gasteiger partial charge is 0.276 e. The first-order valence-electron chi connectivity index (χ1n) is 10.4. The highest BCUT2D eigenvalue weighted by Crippen LogP contribution is 2.21. The third-order valence-corrected chi connectivity index (χ3v) is 5.76. The summed E-state index contributed by atoms with van der Waals surface area (Å²) in [5.41, 5.74) is 0.417. The summed E-state index contributed by atoms with van der Waals surface area (Å²) in [5, 5.41) is 12.7. The first-order valence-corrected chi connectivity index (χ1v) is 10.4. The van der Waals surface area contributed by atoms with Crippen molar-refractivity contribution < 1.29 is 27.9 Å². The Labute approximate surface area is 188 Å². The molecule has 2 aromatic rings. The van der Waals surface area contributed by atoms with Crippen LogP contribution in [0.5, 0.6) is 5.75 Å². The number of nitrogens with zero attached hydrogens (tertiary/aromatic N) is 2. The number of amides is 2. The second-order valence-corrected chi connectivity index (χ2v) is 8.20. The van der Waals surface area contributed by atoms with Gasteiger partial charge in [-0.15, -0.1) is 0 Å². The number of carbonyl (C=O) groups is 2. The van der Waals surface area contributed by atoms with E-state index in [9.17, 15) is 32.7 Å². The first-order chi connectivity index (χ1) is 15.5. The number of rotatable bonds is 3. The molecule has 0 spiro atoms. The standard InChI is InChI=1S/C22H25F3N4O4/c1-11-5-4-6-12(2)28(3)22(33)18-20(31)19(30)15(10-29(18)27-11)21(32)26-9-14-16(24)7-13(23)8-17(14)25/h7-8,10-12,27,31H,4-6,9H2,1-3H3,(H,26,32)/t11-,12?/m0/s1. The van der Waals surface area contributed by atoms with E-state index in [0.29, 0.717) is 12.1 Å². The fraction of sp³-hybridized carbons (Fsp3) is 0.409. The summed E-state index contributed by atoms with van der Waals surface area (Å²) in [4.78, 5) is 39.8. The molecule has 0 bridgehead atoms. The molecule has 1 unspecified atom stereocenters.